The Kier molecular flexibility index (Phi) is 6.69. The molecule has 0 spiro atoms. The van der Waals surface area contributed by atoms with Crippen molar-refractivity contribution in [3.8, 4) is 0 Å². The van der Waals surface area contributed by atoms with Crippen molar-refractivity contribution < 1.29 is 4.79 Å². The molecule has 1 saturated heterocycles. The molecule has 1 heterocycles. The molecule has 1 N–H and O–H groups in total. The van der Waals surface area contributed by atoms with Crippen LogP contribution in [0.1, 0.15) is 53.4 Å². The minimum Gasteiger partial charge on any atom is -0.341 e. The van der Waals surface area contributed by atoms with E-state index < -0.39 is 0 Å². The zero-order valence-corrected chi connectivity index (χ0v) is 12.5. The zero-order chi connectivity index (χ0) is 13.5. The van der Waals surface area contributed by atoms with Crippen LogP contribution in [0, 0.1) is 11.8 Å². The van der Waals surface area contributed by atoms with Gasteiger partial charge in [0.05, 0.1) is 6.04 Å². The summed E-state index contributed by atoms with van der Waals surface area (Å²) in [7, 11) is 0. The second-order valence-electron chi connectivity index (χ2n) is 6.34. The Balaban J connectivity index is 2.48. The predicted molar refractivity (Wildman–Crippen MR) is 76.5 cm³/mol. The van der Waals surface area contributed by atoms with E-state index in [1.165, 1.54) is 0 Å². The van der Waals surface area contributed by atoms with E-state index in [0.717, 1.165) is 45.3 Å². The number of nitrogens with zero attached hydrogens (tertiary/aromatic N) is 1. The summed E-state index contributed by atoms with van der Waals surface area (Å²) in [6.45, 7) is 11.7. The number of nitrogens with one attached hydrogen (secondary N) is 1. The highest BCUT2D eigenvalue weighted by Gasteiger charge is 2.26. The molecular weight excluding hydrogens is 224 g/mol. The molecule has 0 bridgehead atoms. The number of carbonyl (C=O) groups excluding carboxylic acids is 1. The summed E-state index contributed by atoms with van der Waals surface area (Å²) in [5.74, 6) is 1.65. The molecule has 0 aliphatic carbocycles. The van der Waals surface area contributed by atoms with Crippen molar-refractivity contribution in [3.63, 3.8) is 0 Å². The minimum atomic E-state index is 0.0873. The number of rotatable bonds is 7. The zero-order valence-electron chi connectivity index (χ0n) is 12.5. The first-order valence-corrected chi connectivity index (χ1v) is 7.53. The molecule has 3 nitrogen and oxygen atoms in total. The summed E-state index contributed by atoms with van der Waals surface area (Å²) in [6.07, 6.45) is 4.37. The van der Waals surface area contributed by atoms with Gasteiger partial charge < -0.3 is 10.2 Å². The first-order valence-electron chi connectivity index (χ1n) is 7.53. The number of carbonyl (C=O) groups is 1. The quantitative estimate of drug-likeness (QED) is 0.757. The van der Waals surface area contributed by atoms with Gasteiger partial charge in [0.2, 0.25) is 5.91 Å². The highest BCUT2D eigenvalue weighted by molar-refractivity contribution is 5.82. The van der Waals surface area contributed by atoms with Gasteiger partial charge in [-0.25, -0.2) is 0 Å². The van der Waals surface area contributed by atoms with Gasteiger partial charge in [-0.3, -0.25) is 4.79 Å². The number of hydrogen-bond acceptors (Lipinski definition) is 2. The van der Waals surface area contributed by atoms with E-state index in [1.807, 2.05) is 0 Å². The Bertz CT molecular complexity index is 233. The standard InChI is InChI=1S/C15H30N2O/c1-12(2)7-10-17(11-8-13(3)4)15(18)14-6-5-9-16-14/h12-14,16H,5-11H2,1-4H3/t14-/m1/s1. The Morgan fingerprint density at radius 1 is 1.17 bits per heavy atom. The number of hydrogen-bond donors (Lipinski definition) is 1. The van der Waals surface area contributed by atoms with Crippen molar-refractivity contribution in [2.75, 3.05) is 19.6 Å². The average molecular weight is 254 g/mol. The van der Waals surface area contributed by atoms with Crippen molar-refractivity contribution in [1.82, 2.24) is 10.2 Å². The van der Waals surface area contributed by atoms with Gasteiger partial charge in [-0.2, -0.15) is 0 Å². The fourth-order valence-electron chi connectivity index (χ4n) is 2.28. The lowest BCUT2D eigenvalue weighted by Crippen LogP contribution is -2.44. The molecule has 0 saturated carbocycles. The summed E-state index contributed by atoms with van der Waals surface area (Å²) in [5.41, 5.74) is 0. The fraction of sp³-hybridized carbons (Fsp3) is 0.933. The van der Waals surface area contributed by atoms with Crippen LogP contribution in [0.15, 0.2) is 0 Å². The molecule has 18 heavy (non-hydrogen) atoms. The lowest BCUT2D eigenvalue weighted by atomic mass is 10.1. The summed E-state index contributed by atoms with van der Waals surface area (Å²) in [4.78, 5) is 14.5. The van der Waals surface area contributed by atoms with Crippen molar-refractivity contribution in [3.05, 3.63) is 0 Å². The molecule has 1 rings (SSSR count). The first-order chi connectivity index (χ1) is 8.50. The summed E-state index contributed by atoms with van der Waals surface area (Å²) in [6, 6.07) is 0.0873. The van der Waals surface area contributed by atoms with Crippen LogP contribution in [-0.2, 0) is 4.79 Å². The van der Waals surface area contributed by atoms with Gasteiger partial charge in [-0.05, 0) is 44.1 Å². The van der Waals surface area contributed by atoms with E-state index in [9.17, 15) is 4.79 Å². The van der Waals surface area contributed by atoms with Gasteiger partial charge in [-0.1, -0.05) is 27.7 Å². The first kappa shape index (κ1) is 15.5. The molecule has 0 aromatic rings. The molecule has 0 unspecified atom stereocenters. The van der Waals surface area contributed by atoms with Crippen molar-refractivity contribution in [2.24, 2.45) is 11.8 Å². The fourth-order valence-corrected chi connectivity index (χ4v) is 2.28. The third kappa shape index (κ3) is 5.38. The van der Waals surface area contributed by atoms with Crippen molar-refractivity contribution in [1.29, 1.82) is 0 Å². The lowest BCUT2D eigenvalue weighted by Gasteiger charge is -2.27. The molecular formula is C15H30N2O. The molecule has 1 aliphatic rings. The Morgan fingerprint density at radius 2 is 1.72 bits per heavy atom. The maximum atomic E-state index is 12.4. The maximum absolute atomic E-state index is 12.4. The van der Waals surface area contributed by atoms with Gasteiger partial charge in [0, 0.05) is 13.1 Å². The summed E-state index contributed by atoms with van der Waals surface area (Å²) < 4.78 is 0. The van der Waals surface area contributed by atoms with Crippen LogP contribution in [0.3, 0.4) is 0 Å². The average Bonchev–Trinajstić information content (AvgIpc) is 2.81. The van der Waals surface area contributed by atoms with Crippen LogP contribution in [0.5, 0.6) is 0 Å². The second kappa shape index (κ2) is 7.78. The van der Waals surface area contributed by atoms with E-state index in [0.29, 0.717) is 17.7 Å². The Morgan fingerprint density at radius 3 is 2.11 bits per heavy atom. The molecule has 1 aliphatic heterocycles. The summed E-state index contributed by atoms with van der Waals surface area (Å²) in [5, 5.41) is 3.32. The van der Waals surface area contributed by atoms with Crippen molar-refractivity contribution in [2.45, 2.75) is 59.4 Å². The highest BCUT2D eigenvalue weighted by atomic mass is 16.2. The second-order valence-corrected chi connectivity index (χ2v) is 6.34. The smallest absolute Gasteiger partial charge is 0.239 e. The number of amides is 1. The normalized spacial score (nSPS) is 19.8. The van der Waals surface area contributed by atoms with Crippen LogP contribution in [0.4, 0.5) is 0 Å². The van der Waals surface area contributed by atoms with Crippen molar-refractivity contribution >= 4 is 5.91 Å². The molecule has 0 aromatic carbocycles. The molecule has 0 aromatic heterocycles. The van der Waals surface area contributed by atoms with E-state index in [-0.39, 0.29) is 6.04 Å². The molecule has 1 atom stereocenters. The molecule has 3 heteroatoms. The van der Waals surface area contributed by atoms with Gasteiger partial charge in [0.25, 0.3) is 0 Å². The minimum absolute atomic E-state index is 0.0873. The van der Waals surface area contributed by atoms with Gasteiger partial charge in [-0.15, -0.1) is 0 Å². The third-order valence-electron chi connectivity index (χ3n) is 3.62. The van der Waals surface area contributed by atoms with E-state index >= 15 is 0 Å². The largest absolute Gasteiger partial charge is 0.341 e. The van der Waals surface area contributed by atoms with E-state index in [1.54, 1.807) is 0 Å². The Labute approximate surface area is 112 Å². The molecule has 106 valence electrons. The third-order valence-corrected chi connectivity index (χ3v) is 3.62. The van der Waals surface area contributed by atoms with Gasteiger partial charge in [0.1, 0.15) is 0 Å². The topological polar surface area (TPSA) is 32.3 Å². The van der Waals surface area contributed by atoms with Crippen LogP contribution < -0.4 is 5.32 Å². The van der Waals surface area contributed by atoms with Crippen LogP contribution >= 0.6 is 0 Å². The van der Waals surface area contributed by atoms with Crippen LogP contribution in [0.2, 0.25) is 0 Å². The van der Waals surface area contributed by atoms with Crippen LogP contribution in [0.25, 0.3) is 0 Å². The van der Waals surface area contributed by atoms with Gasteiger partial charge >= 0.3 is 0 Å². The van der Waals surface area contributed by atoms with Gasteiger partial charge in [0.15, 0.2) is 0 Å². The summed E-state index contributed by atoms with van der Waals surface area (Å²) >= 11 is 0. The lowest BCUT2D eigenvalue weighted by molar-refractivity contribution is -0.133. The molecule has 1 amide bonds. The van der Waals surface area contributed by atoms with E-state index in [4.69, 9.17) is 0 Å². The predicted octanol–water partition coefficient (Wildman–Crippen LogP) is 2.66. The maximum Gasteiger partial charge on any atom is 0.239 e. The van der Waals surface area contributed by atoms with E-state index in [2.05, 4.69) is 37.9 Å². The monoisotopic (exact) mass is 254 g/mol. The molecule has 1 fully saturated rings. The SMILES string of the molecule is CC(C)CCN(CCC(C)C)C(=O)[C@H]1CCCN1. The Hall–Kier alpha value is -0.570. The van der Waals surface area contributed by atoms with Crippen LogP contribution in [-0.4, -0.2) is 36.5 Å². The molecule has 0 radical (unpaired) electrons. The highest BCUT2D eigenvalue weighted by Crippen LogP contribution is 2.12.